The predicted octanol–water partition coefficient (Wildman–Crippen LogP) is 1.58. The summed E-state index contributed by atoms with van der Waals surface area (Å²) in [5.74, 6) is 0.0738. The van der Waals surface area contributed by atoms with Gasteiger partial charge >= 0.3 is 0 Å². The largest absolute Gasteiger partial charge is 0.341 e. The average Bonchev–Trinajstić information content (AvgIpc) is 2.82. The molecule has 2 heterocycles. The Balaban J connectivity index is 1.66. The second-order valence-electron chi connectivity index (χ2n) is 7.04. The van der Waals surface area contributed by atoms with Gasteiger partial charge in [-0.2, -0.15) is 5.10 Å². The summed E-state index contributed by atoms with van der Waals surface area (Å²) in [7, 11) is -3.08. The fourth-order valence-corrected chi connectivity index (χ4v) is 5.67. The van der Waals surface area contributed by atoms with Gasteiger partial charge in [0.2, 0.25) is 5.91 Å². The summed E-state index contributed by atoms with van der Waals surface area (Å²) in [4.78, 5) is 14.2. The number of carbonyl (C=O) groups is 1. The van der Waals surface area contributed by atoms with E-state index in [1.54, 1.807) is 4.90 Å². The van der Waals surface area contributed by atoms with Crippen LogP contribution in [0.25, 0.3) is 0 Å². The van der Waals surface area contributed by atoms with Gasteiger partial charge in [-0.05, 0) is 39.2 Å². The molecule has 0 radical (unpaired) electrons. The topological polar surface area (TPSA) is 72.3 Å². The molecule has 2 fully saturated rings. The normalized spacial score (nSPS) is 22.8. The molecule has 1 aromatic rings. The lowest BCUT2D eigenvalue weighted by Gasteiger charge is -2.39. The zero-order chi connectivity index (χ0) is 16.7. The molecule has 3 rings (SSSR count). The van der Waals surface area contributed by atoms with Crippen LogP contribution in [0.3, 0.4) is 0 Å². The quantitative estimate of drug-likeness (QED) is 0.838. The third-order valence-electron chi connectivity index (χ3n) is 5.27. The Morgan fingerprint density at radius 3 is 2.61 bits per heavy atom. The van der Waals surface area contributed by atoms with E-state index in [-0.39, 0.29) is 24.1 Å². The van der Waals surface area contributed by atoms with Gasteiger partial charge in [-0.15, -0.1) is 0 Å². The highest BCUT2D eigenvalue weighted by Gasteiger charge is 2.49. The van der Waals surface area contributed by atoms with Gasteiger partial charge < -0.3 is 4.90 Å². The van der Waals surface area contributed by atoms with E-state index in [4.69, 9.17) is 0 Å². The van der Waals surface area contributed by atoms with Crippen molar-refractivity contribution in [1.82, 2.24) is 14.7 Å². The molecule has 7 heteroatoms. The molecule has 128 valence electrons. The fraction of sp³-hybridized carbons (Fsp3) is 0.750. The van der Waals surface area contributed by atoms with E-state index in [1.165, 1.54) is 0 Å². The van der Waals surface area contributed by atoms with Crippen LogP contribution in [0.4, 0.5) is 0 Å². The Bertz CT molecular complexity index is 689. The van der Waals surface area contributed by atoms with Gasteiger partial charge in [-0.25, -0.2) is 8.42 Å². The zero-order valence-electron chi connectivity index (χ0n) is 13.9. The smallest absolute Gasteiger partial charge is 0.228 e. The van der Waals surface area contributed by atoms with E-state index in [9.17, 15) is 13.2 Å². The number of rotatable bonds is 3. The van der Waals surface area contributed by atoms with Crippen molar-refractivity contribution < 1.29 is 13.2 Å². The van der Waals surface area contributed by atoms with Crippen molar-refractivity contribution in [3.8, 4) is 0 Å². The average molecular weight is 339 g/mol. The monoisotopic (exact) mass is 339 g/mol. The van der Waals surface area contributed by atoms with E-state index < -0.39 is 14.6 Å². The van der Waals surface area contributed by atoms with Gasteiger partial charge in [0, 0.05) is 25.3 Å². The molecule has 23 heavy (non-hydrogen) atoms. The first-order valence-corrected chi connectivity index (χ1v) is 10.0. The molecule has 0 atom stereocenters. The molecule has 0 unspecified atom stereocenters. The van der Waals surface area contributed by atoms with Gasteiger partial charge in [-0.3, -0.25) is 9.48 Å². The van der Waals surface area contributed by atoms with Crippen LogP contribution in [0.1, 0.15) is 51.3 Å². The van der Waals surface area contributed by atoms with Crippen LogP contribution in [-0.2, 0) is 21.1 Å². The van der Waals surface area contributed by atoms with E-state index in [1.807, 2.05) is 30.8 Å². The molecular formula is C16H25N3O3S. The Labute approximate surface area is 137 Å². The molecule has 1 amide bonds. The minimum Gasteiger partial charge on any atom is -0.341 e. The lowest BCUT2D eigenvalue weighted by atomic mass is 9.81. The van der Waals surface area contributed by atoms with Crippen molar-refractivity contribution in [1.29, 1.82) is 0 Å². The number of amides is 1. The van der Waals surface area contributed by atoms with Crippen LogP contribution in [-0.4, -0.2) is 52.6 Å². The van der Waals surface area contributed by atoms with Gasteiger partial charge in [0.1, 0.15) is 0 Å². The summed E-state index contributed by atoms with van der Waals surface area (Å²) in [6, 6.07) is 2.13. The molecule has 1 aliphatic heterocycles. The van der Waals surface area contributed by atoms with E-state index in [0.717, 1.165) is 25.0 Å². The van der Waals surface area contributed by atoms with Gasteiger partial charge in [0.15, 0.2) is 9.84 Å². The minimum absolute atomic E-state index is 0.0226. The molecule has 1 saturated heterocycles. The molecule has 1 aliphatic carbocycles. The summed E-state index contributed by atoms with van der Waals surface area (Å²) in [5, 5.41) is 4.40. The Morgan fingerprint density at radius 1 is 1.30 bits per heavy atom. The molecule has 2 aliphatic rings. The van der Waals surface area contributed by atoms with E-state index >= 15 is 0 Å². The minimum atomic E-state index is -3.08. The fourth-order valence-electron chi connectivity index (χ4n) is 3.46. The summed E-state index contributed by atoms with van der Waals surface area (Å²) < 4.78 is 26.2. The van der Waals surface area contributed by atoms with Crippen LogP contribution in [0.2, 0.25) is 0 Å². The highest BCUT2D eigenvalue weighted by Crippen LogP contribution is 2.43. The summed E-state index contributed by atoms with van der Waals surface area (Å²) in [5.41, 5.74) is 0.745. The third-order valence-corrected chi connectivity index (χ3v) is 7.92. The predicted molar refractivity (Wildman–Crippen MR) is 87.9 cm³/mol. The van der Waals surface area contributed by atoms with Crippen molar-refractivity contribution in [2.45, 2.75) is 56.7 Å². The maximum atomic E-state index is 12.5. The molecule has 0 N–H and O–H groups in total. The van der Waals surface area contributed by atoms with Crippen molar-refractivity contribution in [3.63, 3.8) is 0 Å². The first-order valence-electron chi connectivity index (χ1n) is 8.37. The van der Waals surface area contributed by atoms with E-state index in [0.29, 0.717) is 19.5 Å². The van der Waals surface area contributed by atoms with Gasteiger partial charge in [0.25, 0.3) is 0 Å². The van der Waals surface area contributed by atoms with Crippen LogP contribution < -0.4 is 0 Å². The summed E-state index contributed by atoms with van der Waals surface area (Å²) in [6.07, 6.45) is 5.21. The Hall–Kier alpha value is -1.37. The van der Waals surface area contributed by atoms with Crippen LogP contribution in [0.15, 0.2) is 12.3 Å². The highest BCUT2D eigenvalue weighted by molar-refractivity contribution is 7.92. The van der Waals surface area contributed by atoms with Crippen LogP contribution >= 0.6 is 0 Å². The first-order chi connectivity index (χ1) is 10.8. The van der Waals surface area contributed by atoms with Crippen molar-refractivity contribution in [2.75, 3.05) is 18.8 Å². The molecule has 1 saturated carbocycles. The molecule has 0 aromatic carbocycles. The van der Waals surface area contributed by atoms with Crippen LogP contribution in [0.5, 0.6) is 0 Å². The number of carbonyl (C=O) groups excluding carboxylic acids is 1. The zero-order valence-corrected chi connectivity index (χ0v) is 14.7. The maximum Gasteiger partial charge on any atom is 0.228 e. The third kappa shape index (κ3) is 3.03. The lowest BCUT2D eigenvalue weighted by Crippen LogP contribution is -2.46. The standard InChI is InChI=1S/C16H25N3O3S/c1-13(2)19-8-4-14(17-19)12-15(20)18-9-7-16(5-3-6-16)23(21,22)11-10-18/h4,8,13H,3,5-7,9-12H2,1-2H3. The van der Waals surface area contributed by atoms with E-state index in [2.05, 4.69) is 5.10 Å². The van der Waals surface area contributed by atoms with Crippen molar-refractivity contribution >= 4 is 15.7 Å². The number of hydrogen-bond donors (Lipinski definition) is 0. The Morgan fingerprint density at radius 2 is 2.04 bits per heavy atom. The molecule has 1 spiro atoms. The second kappa shape index (κ2) is 5.92. The van der Waals surface area contributed by atoms with Crippen molar-refractivity contribution in [3.05, 3.63) is 18.0 Å². The van der Waals surface area contributed by atoms with Gasteiger partial charge in [-0.1, -0.05) is 6.42 Å². The molecule has 1 aromatic heterocycles. The van der Waals surface area contributed by atoms with Crippen LogP contribution in [0, 0.1) is 0 Å². The maximum absolute atomic E-state index is 12.5. The SMILES string of the molecule is CC(C)n1ccc(CC(=O)N2CCC3(CCC3)S(=O)(=O)CC2)n1. The number of hydrogen-bond acceptors (Lipinski definition) is 4. The van der Waals surface area contributed by atoms with Crippen molar-refractivity contribution in [2.24, 2.45) is 0 Å². The number of aromatic nitrogens is 2. The van der Waals surface area contributed by atoms with Gasteiger partial charge in [0.05, 0.1) is 22.6 Å². The lowest BCUT2D eigenvalue weighted by molar-refractivity contribution is -0.130. The summed E-state index contributed by atoms with van der Waals surface area (Å²) >= 11 is 0. The number of nitrogens with zero attached hydrogens (tertiary/aromatic N) is 3. The first kappa shape index (κ1) is 16.5. The summed E-state index contributed by atoms with van der Waals surface area (Å²) in [6.45, 7) is 4.93. The molecular weight excluding hydrogens is 314 g/mol. The Kier molecular flexibility index (Phi) is 4.25. The highest BCUT2D eigenvalue weighted by atomic mass is 32.2. The second-order valence-corrected chi connectivity index (χ2v) is 9.55. The number of sulfone groups is 1. The molecule has 0 bridgehead atoms. The molecule has 6 nitrogen and oxygen atoms in total.